The smallest absolute Gasteiger partial charge is 0.0406 e. The second-order valence-electron chi connectivity index (χ2n) is 4.58. The highest BCUT2D eigenvalue weighted by Gasteiger charge is 2.21. The number of benzene rings is 1. The second kappa shape index (κ2) is 5.00. The number of hydrogen-bond donors (Lipinski definition) is 1. The van der Waals surface area contributed by atoms with Crippen molar-refractivity contribution in [1.29, 1.82) is 0 Å². The minimum absolute atomic E-state index is 0.562. The quantitative estimate of drug-likeness (QED) is 0.808. The standard InChI is InChI=1S/C13H18ClN/c1-10(15-9-12-2-3-12)8-11-4-6-13(14)7-5-11/h4-7,10,12,15H,2-3,8-9H2,1H3. The summed E-state index contributed by atoms with van der Waals surface area (Å²) in [5.41, 5.74) is 1.36. The van der Waals surface area contributed by atoms with E-state index in [0.29, 0.717) is 6.04 Å². The Morgan fingerprint density at radius 1 is 1.33 bits per heavy atom. The van der Waals surface area contributed by atoms with E-state index < -0.39 is 0 Å². The van der Waals surface area contributed by atoms with Crippen LogP contribution in [0.15, 0.2) is 24.3 Å². The summed E-state index contributed by atoms with van der Waals surface area (Å²) in [6.45, 7) is 3.44. The van der Waals surface area contributed by atoms with Crippen molar-refractivity contribution >= 4 is 11.6 Å². The fraction of sp³-hybridized carbons (Fsp3) is 0.538. The van der Waals surface area contributed by atoms with Crippen LogP contribution in [0.5, 0.6) is 0 Å². The zero-order valence-electron chi connectivity index (χ0n) is 9.17. The molecule has 1 nitrogen and oxygen atoms in total. The van der Waals surface area contributed by atoms with E-state index in [1.165, 1.54) is 24.9 Å². The highest BCUT2D eigenvalue weighted by atomic mass is 35.5. The van der Waals surface area contributed by atoms with E-state index >= 15 is 0 Å². The molecule has 1 saturated carbocycles. The van der Waals surface area contributed by atoms with Crippen molar-refractivity contribution in [3.63, 3.8) is 0 Å². The Hall–Kier alpha value is -0.530. The third-order valence-corrected chi connectivity index (χ3v) is 3.16. The molecule has 1 aliphatic rings. The van der Waals surface area contributed by atoms with Crippen LogP contribution in [0.4, 0.5) is 0 Å². The van der Waals surface area contributed by atoms with Gasteiger partial charge in [0.15, 0.2) is 0 Å². The van der Waals surface area contributed by atoms with Gasteiger partial charge in [-0.3, -0.25) is 0 Å². The molecule has 0 saturated heterocycles. The van der Waals surface area contributed by atoms with Gasteiger partial charge >= 0.3 is 0 Å². The van der Waals surface area contributed by atoms with Gasteiger partial charge in [0.2, 0.25) is 0 Å². The fourth-order valence-electron chi connectivity index (χ4n) is 1.74. The van der Waals surface area contributed by atoms with E-state index in [0.717, 1.165) is 17.4 Å². The maximum absolute atomic E-state index is 5.84. The van der Waals surface area contributed by atoms with E-state index in [1.54, 1.807) is 0 Å². The van der Waals surface area contributed by atoms with Gasteiger partial charge < -0.3 is 5.32 Å². The van der Waals surface area contributed by atoms with Crippen molar-refractivity contribution in [2.45, 2.75) is 32.2 Å². The van der Waals surface area contributed by atoms with Gasteiger partial charge in [-0.15, -0.1) is 0 Å². The Bertz CT molecular complexity index is 303. The van der Waals surface area contributed by atoms with E-state index in [1.807, 2.05) is 12.1 Å². The maximum Gasteiger partial charge on any atom is 0.0406 e. The van der Waals surface area contributed by atoms with Crippen LogP contribution in [0.1, 0.15) is 25.3 Å². The van der Waals surface area contributed by atoms with Crippen molar-refractivity contribution in [1.82, 2.24) is 5.32 Å². The first-order chi connectivity index (χ1) is 7.24. The lowest BCUT2D eigenvalue weighted by Crippen LogP contribution is -2.29. The van der Waals surface area contributed by atoms with Crippen molar-refractivity contribution in [3.8, 4) is 0 Å². The summed E-state index contributed by atoms with van der Waals surface area (Å²) in [7, 11) is 0. The van der Waals surface area contributed by atoms with Crippen LogP contribution < -0.4 is 5.32 Å². The Kier molecular flexibility index (Phi) is 3.66. The average molecular weight is 224 g/mol. The van der Waals surface area contributed by atoms with Crippen molar-refractivity contribution in [3.05, 3.63) is 34.9 Å². The minimum atomic E-state index is 0.562. The monoisotopic (exact) mass is 223 g/mol. The molecule has 2 heteroatoms. The van der Waals surface area contributed by atoms with Gasteiger partial charge in [0.1, 0.15) is 0 Å². The molecule has 2 rings (SSSR count). The van der Waals surface area contributed by atoms with Crippen LogP contribution in [0, 0.1) is 5.92 Å². The fourth-order valence-corrected chi connectivity index (χ4v) is 1.86. The summed E-state index contributed by atoms with van der Waals surface area (Å²) < 4.78 is 0. The predicted molar refractivity (Wildman–Crippen MR) is 65.3 cm³/mol. The molecular formula is C13H18ClN. The number of rotatable bonds is 5. The van der Waals surface area contributed by atoms with Gasteiger partial charge in [-0.1, -0.05) is 23.7 Å². The maximum atomic E-state index is 5.84. The molecule has 0 radical (unpaired) electrons. The summed E-state index contributed by atoms with van der Waals surface area (Å²) >= 11 is 5.84. The summed E-state index contributed by atoms with van der Waals surface area (Å²) in [6.07, 6.45) is 3.92. The number of nitrogens with one attached hydrogen (secondary N) is 1. The molecule has 0 aliphatic heterocycles. The highest BCUT2D eigenvalue weighted by Crippen LogP contribution is 2.27. The molecule has 1 aliphatic carbocycles. The highest BCUT2D eigenvalue weighted by molar-refractivity contribution is 6.30. The van der Waals surface area contributed by atoms with Crippen LogP contribution in [0.3, 0.4) is 0 Å². The zero-order chi connectivity index (χ0) is 10.7. The second-order valence-corrected chi connectivity index (χ2v) is 5.02. The lowest BCUT2D eigenvalue weighted by atomic mass is 10.1. The molecule has 0 bridgehead atoms. The molecule has 1 aromatic carbocycles. The van der Waals surface area contributed by atoms with Crippen molar-refractivity contribution in [2.24, 2.45) is 5.92 Å². The Morgan fingerprint density at radius 2 is 2.00 bits per heavy atom. The molecular weight excluding hydrogens is 206 g/mol. The molecule has 82 valence electrons. The van der Waals surface area contributed by atoms with Crippen LogP contribution in [0.25, 0.3) is 0 Å². The third-order valence-electron chi connectivity index (χ3n) is 2.91. The van der Waals surface area contributed by atoms with E-state index in [-0.39, 0.29) is 0 Å². The Morgan fingerprint density at radius 3 is 2.60 bits per heavy atom. The lowest BCUT2D eigenvalue weighted by Gasteiger charge is -2.13. The number of halogens is 1. The average Bonchev–Trinajstić information content (AvgIpc) is 3.02. The summed E-state index contributed by atoms with van der Waals surface area (Å²) in [5, 5.41) is 4.39. The van der Waals surface area contributed by atoms with Crippen molar-refractivity contribution < 1.29 is 0 Å². The van der Waals surface area contributed by atoms with Crippen LogP contribution in [0.2, 0.25) is 5.02 Å². The van der Waals surface area contributed by atoms with Gasteiger partial charge in [0.25, 0.3) is 0 Å². The SMILES string of the molecule is CC(Cc1ccc(Cl)cc1)NCC1CC1. The summed E-state index contributed by atoms with van der Waals surface area (Å²) in [4.78, 5) is 0. The number of hydrogen-bond acceptors (Lipinski definition) is 1. The molecule has 1 aromatic rings. The summed E-state index contributed by atoms with van der Waals surface area (Å²) in [5.74, 6) is 0.956. The normalized spacial score (nSPS) is 17.7. The lowest BCUT2D eigenvalue weighted by molar-refractivity contribution is 0.526. The molecule has 0 aromatic heterocycles. The van der Waals surface area contributed by atoms with Gasteiger partial charge in [0.05, 0.1) is 0 Å². The summed E-state index contributed by atoms with van der Waals surface area (Å²) in [6, 6.07) is 8.70. The largest absolute Gasteiger partial charge is 0.314 e. The first-order valence-electron chi connectivity index (χ1n) is 5.72. The van der Waals surface area contributed by atoms with Crippen LogP contribution in [-0.4, -0.2) is 12.6 Å². The van der Waals surface area contributed by atoms with Gasteiger partial charge in [-0.05, 0) is 56.3 Å². The predicted octanol–water partition coefficient (Wildman–Crippen LogP) is 3.27. The van der Waals surface area contributed by atoms with Gasteiger partial charge in [-0.2, -0.15) is 0 Å². The molecule has 0 amide bonds. The molecule has 1 unspecified atom stereocenters. The first kappa shape index (κ1) is 11.0. The van der Waals surface area contributed by atoms with Gasteiger partial charge in [0, 0.05) is 11.1 Å². The topological polar surface area (TPSA) is 12.0 Å². The minimum Gasteiger partial charge on any atom is -0.314 e. The van der Waals surface area contributed by atoms with E-state index in [9.17, 15) is 0 Å². The molecule has 1 fully saturated rings. The first-order valence-corrected chi connectivity index (χ1v) is 6.09. The zero-order valence-corrected chi connectivity index (χ0v) is 9.93. The Balaban J connectivity index is 1.76. The van der Waals surface area contributed by atoms with E-state index in [4.69, 9.17) is 11.6 Å². The third kappa shape index (κ3) is 3.84. The van der Waals surface area contributed by atoms with Crippen LogP contribution >= 0.6 is 11.6 Å². The molecule has 0 spiro atoms. The van der Waals surface area contributed by atoms with E-state index in [2.05, 4.69) is 24.4 Å². The molecule has 1 N–H and O–H groups in total. The molecule has 15 heavy (non-hydrogen) atoms. The van der Waals surface area contributed by atoms with Crippen molar-refractivity contribution in [2.75, 3.05) is 6.54 Å². The van der Waals surface area contributed by atoms with Gasteiger partial charge in [-0.25, -0.2) is 0 Å². The Labute approximate surface area is 96.8 Å². The molecule has 0 heterocycles. The van der Waals surface area contributed by atoms with Crippen LogP contribution in [-0.2, 0) is 6.42 Å². The molecule has 1 atom stereocenters.